The zero-order valence-electron chi connectivity index (χ0n) is 16.7. The van der Waals surface area contributed by atoms with Crippen LogP contribution in [0.2, 0.25) is 0 Å². The van der Waals surface area contributed by atoms with Crippen molar-refractivity contribution in [3.8, 4) is 0 Å². The predicted octanol–water partition coefficient (Wildman–Crippen LogP) is 4.51. The maximum atomic E-state index is 13.3. The highest BCUT2D eigenvalue weighted by Crippen LogP contribution is 2.33. The van der Waals surface area contributed by atoms with E-state index in [1.807, 2.05) is 48.2 Å². The summed E-state index contributed by atoms with van der Waals surface area (Å²) >= 11 is 0. The van der Waals surface area contributed by atoms with Crippen LogP contribution in [0.3, 0.4) is 0 Å². The van der Waals surface area contributed by atoms with Crippen molar-refractivity contribution in [1.29, 1.82) is 0 Å². The van der Waals surface area contributed by atoms with Crippen LogP contribution < -0.4 is 5.73 Å². The molecule has 0 radical (unpaired) electrons. The molecule has 2 heterocycles. The summed E-state index contributed by atoms with van der Waals surface area (Å²) in [4.78, 5) is 19.9. The maximum Gasteiger partial charge on any atom is 0.255 e. The van der Waals surface area contributed by atoms with E-state index in [1.165, 1.54) is 11.1 Å². The van der Waals surface area contributed by atoms with Crippen molar-refractivity contribution < 1.29 is 4.79 Å². The first-order chi connectivity index (χ1) is 13.1. The van der Waals surface area contributed by atoms with E-state index in [-0.39, 0.29) is 42.6 Å². The second kappa shape index (κ2) is 9.57. The number of aromatic nitrogens is 1. The average Bonchev–Trinajstić information content (AvgIpc) is 3.12. The van der Waals surface area contributed by atoms with Gasteiger partial charge in [0.1, 0.15) is 0 Å². The molecule has 0 saturated carbocycles. The van der Waals surface area contributed by atoms with Crippen LogP contribution in [0.4, 0.5) is 0 Å². The number of carbonyl (C=O) groups is 1. The number of rotatable bonds is 3. The Kier molecular flexibility index (Phi) is 7.64. The second-order valence-corrected chi connectivity index (χ2v) is 7.54. The van der Waals surface area contributed by atoms with Gasteiger partial charge in [-0.15, -0.1) is 24.8 Å². The highest BCUT2D eigenvalue weighted by atomic mass is 35.5. The van der Waals surface area contributed by atoms with Gasteiger partial charge in [-0.2, -0.15) is 0 Å². The van der Waals surface area contributed by atoms with Crippen LogP contribution >= 0.6 is 24.8 Å². The van der Waals surface area contributed by atoms with E-state index >= 15 is 0 Å². The maximum absolute atomic E-state index is 13.3. The predicted molar refractivity (Wildman–Crippen MR) is 123 cm³/mol. The molecule has 1 saturated heterocycles. The molecule has 4 rings (SSSR count). The molecule has 1 aliphatic heterocycles. The smallest absolute Gasteiger partial charge is 0.255 e. The lowest BCUT2D eigenvalue weighted by Crippen LogP contribution is -2.30. The van der Waals surface area contributed by atoms with E-state index in [4.69, 9.17) is 5.73 Å². The molecule has 2 atom stereocenters. The minimum absolute atomic E-state index is 0. The quantitative estimate of drug-likeness (QED) is 0.663. The van der Waals surface area contributed by atoms with Crippen LogP contribution in [0.1, 0.15) is 33.1 Å². The van der Waals surface area contributed by atoms with Gasteiger partial charge < -0.3 is 10.6 Å². The largest absolute Gasteiger partial charge is 0.338 e. The molecule has 0 unspecified atom stereocenters. The summed E-state index contributed by atoms with van der Waals surface area (Å²) in [6, 6.07) is 18.5. The lowest BCUT2D eigenvalue weighted by molar-refractivity contribution is 0.0785. The van der Waals surface area contributed by atoms with Crippen LogP contribution in [0.15, 0.2) is 54.6 Å². The molecular formula is C23H27Cl2N3O. The van der Waals surface area contributed by atoms with Crippen molar-refractivity contribution >= 4 is 41.6 Å². The molecule has 1 fully saturated rings. The molecule has 1 amide bonds. The molecule has 6 heteroatoms. The van der Waals surface area contributed by atoms with Crippen molar-refractivity contribution in [2.45, 2.75) is 19.8 Å². The van der Waals surface area contributed by atoms with Crippen molar-refractivity contribution in [2.75, 3.05) is 19.6 Å². The van der Waals surface area contributed by atoms with Crippen LogP contribution in [0.5, 0.6) is 0 Å². The summed E-state index contributed by atoms with van der Waals surface area (Å²) in [6.07, 6.45) is 0. The Bertz CT molecular complexity index is 994. The zero-order valence-corrected chi connectivity index (χ0v) is 18.3. The topological polar surface area (TPSA) is 59.2 Å². The van der Waals surface area contributed by atoms with Crippen molar-refractivity contribution in [1.82, 2.24) is 9.88 Å². The standard InChI is InChI=1S/C23H25N3O.2ClH/c1-15-8-9-22-18(10-15)11-20(16(2)25-22)23(27)26-13-19(12-24)21(14-26)17-6-4-3-5-7-17;;/h3-11,19,21H,12-14,24H2,1-2H3;2*1H/t19-,21+;;/m1../s1. The minimum atomic E-state index is 0. The molecule has 29 heavy (non-hydrogen) atoms. The first-order valence-electron chi connectivity index (χ1n) is 9.49. The van der Waals surface area contributed by atoms with E-state index in [9.17, 15) is 4.79 Å². The molecule has 3 aromatic rings. The number of likely N-dealkylation sites (tertiary alicyclic amines) is 1. The van der Waals surface area contributed by atoms with E-state index < -0.39 is 0 Å². The lowest BCUT2D eigenvalue weighted by Gasteiger charge is -2.18. The summed E-state index contributed by atoms with van der Waals surface area (Å²) in [5.41, 5.74) is 10.9. The summed E-state index contributed by atoms with van der Waals surface area (Å²) in [7, 11) is 0. The molecule has 0 bridgehead atoms. The number of nitrogens with two attached hydrogens (primary N) is 1. The third kappa shape index (κ3) is 4.55. The Labute approximate surface area is 184 Å². The molecular weight excluding hydrogens is 405 g/mol. The average molecular weight is 432 g/mol. The summed E-state index contributed by atoms with van der Waals surface area (Å²) in [5, 5.41) is 1.01. The van der Waals surface area contributed by atoms with Gasteiger partial charge in [0.2, 0.25) is 0 Å². The molecule has 0 spiro atoms. The van der Waals surface area contributed by atoms with E-state index in [0.29, 0.717) is 25.2 Å². The van der Waals surface area contributed by atoms with Gasteiger partial charge in [-0.3, -0.25) is 9.78 Å². The second-order valence-electron chi connectivity index (χ2n) is 7.54. The number of amides is 1. The Balaban J connectivity index is 0.00000150. The third-order valence-corrected chi connectivity index (χ3v) is 5.65. The summed E-state index contributed by atoms with van der Waals surface area (Å²) < 4.78 is 0. The zero-order chi connectivity index (χ0) is 19.0. The number of carbonyl (C=O) groups excluding carboxylic acids is 1. The summed E-state index contributed by atoms with van der Waals surface area (Å²) in [6.45, 7) is 5.95. The van der Waals surface area contributed by atoms with Crippen LogP contribution in [0.25, 0.3) is 10.9 Å². The molecule has 2 N–H and O–H groups in total. The van der Waals surface area contributed by atoms with Crippen LogP contribution in [-0.4, -0.2) is 35.4 Å². The van der Waals surface area contributed by atoms with Gasteiger partial charge >= 0.3 is 0 Å². The summed E-state index contributed by atoms with van der Waals surface area (Å²) in [5.74, 6) is 0.628. The number of nitrogens with zero attached hydrogens (tertiary/aromatic N) is 2. The van der Waals surface area contributed by atoms with E-state index in [0.717, 1.165) is 16.6 Å². The first-order valence-corrected chi connectivity index (χ1v) is 9.49. The normalized spacial score (nSPS) is 18.2. The van der Waals surface area contributed by atoms with Gasteiger partial charge in [0, 0.05) is 24.4 Å². The Morgan fingerprint density at radius 2 is 1.79 bits per heavy atom. The SMILES string of the molecule is Cc1ccc2nc(C)c(C(=O)N3C[C@@H](CN)[C@H](c4ccccc4)C3)cc2c1.Cl.Cl. The van der Waals surface area contributed by atoms with Crippen LogP contribution in [-0.2, 0) is 0 Å². The van der Waals surface area contributed by atoms with Crippen LogP contribution in [0, 0.1) is 19.8 Å². The number of hydrogen-bond acceptors (Lipinski definition) is 3. The molecule has 0 aliphatic carbocycles. The molecule has 4 nitrogen and oxygen atoms in total. The molecule has 154 valence electrons. The van der Waals surface area contributed by atoms with E-state index in [2.05, 4.69) is 30.1 Å². The van der Waals surface area contributed by atoms with Crippen molar-refractivity contribution in [3.05, 3.63) is 77.0 Å². The van der Waals surface area contributed by atoms with Gasteiger partial charge in [0.25, 0.3) is 5.91 Å². The molecule has 1 aromatic heterocycles. The Morgan fingerprint density at radius 3 is 2.48 bits per heavy atom. The van der Waals surface area contributed by atoms with Gasteiger partial charge in [-0.1, -0.05) is 42.0 Å². The minimum Gasteiger partial charge on any atom is -0.338 e. The monoisotopic (exact) mass is 431 g/mol. The fourth-order valence-corrected chi connectivity index (χ4v) is 4.13. The first kappa shape index (κ1) is 23.1. The Morgan fingerprint density at radius 1 is 1.07 bits per heavy atom. The van der Waals surface area contributed by atoms with Gasteiger partial charge in [0.15, 0.2) is 0 Å². The number of benzene rings is 2. The molecule has 2 aromatic carbocycles. The Hall–Kier alpha value is -2.14. The number of pyridine rings is 1. The fourth-order valence-electron chi connectivity index (χ4n) is 4.13. The fraction of sp³-hybridized carbons (Fsp3) is 0.304. The molecule has 1 aliphatic rings. The van der Waals surface area contributed by atoms with Crippen molar-refractivity contribution in [2.24, 2.45) is 11.7 Å². The number of hydrogen-bond donors (Lipinski definition) is 1. The highest BCUT2D eigenvalue weighted by Gasteiger charge is 2.36. The van der Waals surface area contributed by atoms with Gasteiger partial charge in [0.05, 0.1) is 16.8 Å². The van der Waals surface area contributed by atoms with Gasteiger partial charge in [-0.05, 0) is 50.1 Å². The lowest BCUT2D eigenvalue weighted by atomic mass is 9.89. The third-order valence-electron chi connectivity index (χ3n) is 5.65. The highest BCUT2D eigenvalue weighted by molar-refractivity contribution is 5.99. The number of fused-ring (bicyclic) bond motifs is 1. The number of aryl methyl sites for hydroxylation is 2. The number of halogens is 2. The van der Waals surface area contributed by atoms with Gasteiger partial charge in [-0.25, -0.2) is 0 Å². The van der Waals surface area contributed by atoms with E-state index in [1.54, 1.807) is 0 Å². The van der Waals surface area contributed by atoms with Crippen molar-refractivity contribution in [3.63, 3.8) is 0 Å².